The van der Waals surface area contributed by atoms with E-state index < -0.39 is 5.54 Å². The van der Waals surface area contributed by atoms with E-state index in [4.69, 9.17) is 10.5 Å². The third kappa shape index (κ3) is 2.14. The van der Waals surface area contributed by atoms with Crippen LogP contribution in [0.15, 0.2) is 16.8 Å². The second-order valence-corrected chi connectivity index (χ2v) is 7.77. The summed E-state index contributed by atoms with van der Waals surface area (Å²) in [6, 6.07) is 2.18. The summed E-state index contributed by atoms with van der Waals surface area (Å²) in [7, 11) is 0. The fourth-order valence-electron chi connectivity index (χ4n) is 4.00. The van der Waals surface area contributed by atoms with E-state index in [9.17, 15) is 4.79 Å². The minimum Gasteiger partial charge on any atom is -0.377 e. The van der Waals surface area contributed by atoms with E-state index in [0.717, 1.165) is 19.4 Å². The molecule has 1 aliphatic heterocycles. The topological polar surface area (TPSA) is 64.4 Å². The smallest absolute Gasteiger partial charge is 0.241 e. The van der Waals surface area contributed by atoms with Gasteiger partial charge in [0.15, 0.2) is 0 Å². The van der Waals surface area contributed by atoms with Crippen LogP contribution in [0.4, 0.5) is 0 Å². The number of carbonyl (C=O) groups excluding carboxylic acids is 1. The molecule has 4 nitrogen and oxygen atoms in total. The van der Waals surface area contributed by atoms with Gasteiger partial charge in [-0.15, -0.1) is 0 Å². The highest BCUT2D eigenvalue weighted by Gasteiger charge is 2.71. The first kappa shape index (κ1) is 15.0. The number of fused-ring (bicyclic) bond motifs is 1. The number of nitrogens with one attached hydrogen (secondary N) is 1. The number of hydrogen-bond acceptors (Lipinski definition) is 4. The number of thiophene rings is 1. The highest BCUT2D eigenvalue weighted by molar-refractivity contribution is 7.07. The molecule has 1 saturated heterocycles. The number of carbonyl (C=O) groups is 1. The third-order valence-electron chi connectivity index (χ3n) is 5.33. The van der Waals surface area contributed by atoms with Crippen molar-refractivity contribution in [2.75, 3.05) is 6.61 Å². The van der Waals surface area contributed by atoms with Gasteiger partial charge in [-0.1, -0.05) is 13.8 Å². The second kappa shape index (κ2) is 5.07. The Morgan fingerprint density at radius 1 is 1.62 bits per heavy atom. The van der Waals surface area contributed by atoms with Gasteiger partial charge in [0.05, 0.1) is 6.10 Å². The predicted molar refractivity (Wildman–Crippen MR) is 84.2 cm³/mol. The summed E-state index contributed by atoms with van der Waals surface area (Å²) >= 11 is 1.68. The van der Waals surface area contributed by atoms with Crippen molar-refractivity contribution in [3.8, 4) is 0 Å². The molecule has 116 valence electrons. The molecular weight excluding hydrogens is 284 g/mol. The van der Waals surface area contributed by atoms with Gasteiger partial charge in [-0.3, -0.25) is 4.79 Å². The Kier molecular flexibility index (Phi) is 3.62. The van der Waals surface area contributed by atoms with E-state index in [2.05, 4.69) is 22.1 Å². The van der Waals surface area contributed by atoms with Crippen molar-refractivity contribution in [1.29, 1.82) is 0 Å². The minimum absolute atomic E-state index is 0.0259. The van der Waals surface area contributed by atoms with Gasteiger partial charge in [0, 0.05) is 24.0 Å². The van der Waals surface area contributed by atoms with Crippen LogP contribution in [0, 0.1) is 11.3 Å². The zero-order valence-corrected chi connectivity index (χ0v) is 13.7. The van der Waals surface area contributed by atoms with E-state index >= 15 is 0 Å². The van der Waals surface area contributed by atoms with Gasteiger partial charge in [-0.2, -0.15) is 11.3 Å². The van der Waals surface area contributed by atoms with Gasteiger partial charge in [0.25, 0.3) is 0 Å². The highest BCUT2D eigenvalue weighted by Crippen LogP contribution is 2.58. The van der Waals surface area contributed by atoms with Crippen molar-refractivity contribution < 1.29 is 9.53 Å². The van der Waals surface area contributed by atoms with Gasteiger partial charge in [0.2, 0.25) is 5.91 Å². The molecule has 21 heavy (non-hydrogen) atoms. The summed E-state index contributed by atoms with van der Waals surface area (Å²) in [6.45, 7) is 6.84. The van der Waals surface area contributed by atoms with Crippen LogP contribution in [0.3, 0.4) is 0 Å². The minimum atomic E-state index is -0.808. The molecule has 4 atom stereocenters. The summed E-state index contributed by atoms with van der Waals surface area (Å²) < 4.78 is 5.74. The number of hydrogen-bond donors (Lipinski definition) is 2. The fraction of sp³-hybridized carbons (Fsp3) is 0.688. The Hall–Kier alpha value is -0.910. The summed E-state index contributed by atoms with van der Waals surface area (Å²) in [4.78, 5) is 12.8. The zero-order chi connectivity index (χ0) is 15.3. The van der Waals surface area contributed by atoms with E-state index in [1.165, 1.54) is 5.56 Å². The molecule has 0 radical (unpaired) electrons. The SMILES string of the molecule is CC(Cc1ccsc1)NC(=O)C1(N)C2CCOC2C1(C)C. The second-order valence-electron chi connectivity index (χ2n) is 6.99. The van der Waals surface area contributed by atoms with Crippen molar-refractivity contribution in [3.63, 3.8) is 0 Å². The molecule has 2 fully saturated rings. The maximum Gasteiger partial charge on any atom is 0.241 e. The van der Waals surface area contributed by atoms with E-state index in [0.29, 0.717) is 0 Å². The van der Waals surface area contributed by atoms with Gasteiger partial charge < -0.3 is 15.8 Å². The monoisotopic (exact) mass is 308 g/mol. The first-order valence-corrected chi connectivity index (χ1v) is 8.54. The molecule has 1 aliphatic carbocycles. The molecule has 1 aromatic heterocycles. The van der Waals surface area contributed by atoms with Crippen LogP contribution in [0.1, 0.15) is 32.8 Å². The van der Waals surface area contributed by atoms with Crippen LogP contribution in [0.5, 0.6) is 0 Å². The van der Waals surface area contributed by atoms with Crippen LogP contribution in [-0.4, -0.2) is 30.2 Å². The standard InChI is InChI=1S/C16H24N2O2S/c1-10(8-11-5-7-21-9-11)18-14(19)16(17)12-4-6-20-13(12)15(16,2)3/h5,7,9-10,12-13H,4,6,8,17H2,1-3H3,(H,18,19). The Morgan fingerprint density at radius 2 is 2.38 bits per heavy atom. The van der Waals surface area contributed by atoms with Crippen LogP contribution in [0.25, 0.3) is 0 Å². The quantitative estimate of drug-likeness (QED) is 0.893. The summed E-state index contributed by atoms with van der Waals surface area (Å²) in [6.07, 6.45) is 1.85. The molecule has 2 aliphatic rings. The van der Waals surface area contributed by atoms with E-state index in [-0.39, 0.29) is 29.4 Å². The van der Waals surface area contributed by atoms with Crippen molar-refractivity contribution >= 4 is 17.2 Å². The van der Waals surface area contributed by atoms with Crippen LogP contribution in [0.2, 0.25) is 0 Å². The lowest BCUT2D eigenvalue weighted by molar-refractivity contribution is -0.175. The van der Waals surface area contributed by atoms with E-state index in [1.807, 2.05) is 20.8 Å². The van der Waals surface area contributed by atoms with Gasteiger partial charge >= 0.3 is 0 Å². The zero-order valence-electron chi connectivity index (χ0n) is 12.9. The van der Waals surface area contributed by atoms with Gasteiger partial charge in [0.1, 0.15) is 5.54 Å². The lowest BCUT2D eigenvalue weighted by atomic mass is 9.48. The number of rotatable bonds is 4. The Morgan fingerprint density at radius 3 is 3.05 bits per heavy atom. The average molecular weight is 308 g/mol. The Labute approximate surface area is 130 Å². The third-order valence-corrected chi connectivity index (χ3v) is 6.06. The average Bonchev–Trinajstić information content (AvgIpc) is 3.06. The van der Waals surface area contributed by atoms with Gasteiger partial charge in [-0.25, -0.2) is 0 Å². The molecule has 0 bridgehead atoms. The van der Waals surface area contributed by atoms with Crippen molar-refractivity contribution in [2.45, 2.75) is 51.3 Å². The summed E-state index contributed by atoms with van der Waals surface area (Å²) in [5, 5.41) is 7.29. The van der Waals surface area contributed by atoms with Crippen LogP contribution < -0.4 is 11.1 Å². The molecule has 5 heteroatoms. The lowest BCUT2D eigenvalue weighted by Crippen LogP contribution is -2.80. The largest absolute Gasteiger partial charge is 0.377 e. The van der Waals surface area contributed by atoms with Gasteiger partial charge in [-0.05, 0) is 42.2 Å². The van der Waals surface area contributed by atoms with E-state index in [1.54, 1.807) is 11.3 Å². The molecule has 2 heterocycles. The molecule has 0 spiro atoms. The molecule has 3 rings (SSSR count). The first-order chi connectivity index (χ1) is 9.87. The number of amides is 1. The van der Waals surface area contributed by atoms with Crippen molar-refractivity contribution in [2.24, 2.45) is 17.1 Å². The van der Waals surface area contributed by atoms with Crippen LogP contribution >= 0.6 is 11.3 Å². The summed E-state index contributed by atoms with van der Waals surface area (Å²) in [5.41, 5.74) is 6.69. The number of ether oxygens (including phenoxy) is 1. The van der Waals surface area contributed by atoms with Crippen molar-refractivity contribution in [1.82, 2.24) is 5.32 Å². The molecule has 1 amide bonds. The predicted octanol–water partition coefficient (Wildman–Crippen LogP) is 1.94. The molecule has 4 unspecified atom stereocenters. The maximum absolute atomic E-state index is 12.8. The number of nitrogens with two attached hydrogens (primary N) is 1. The molecule has 1 saturated carbocycles. The highest BCUT2D eigenvalue weighted by atomic mass is 32.1. The summed E-state index contributed by atoms with van der Waals surface area (Å²) in [5.74, 6) is 0.128. The maximum atomic E-state index is 12.8. The first-order valence-electron chi connectivity index (χ1n) is 7.60. The van der Waals surface area contributed by atoms with Crippen molar-refractivity contribution in [3.05, 3.63) is 22.4 Å². The fourth-order valence-corrected chi connectivity index (χ4v) is 4.68. The Bertz CT molecular complexity index is 528. The molecular formula is C16H24N2O2S. The Balaban J connectivity index is 1.67. The molecule has 0 aromatic carbocycles. The normalized spacial score (nSPS) is 34.9. The van der Waals surface area contributed by atoms with Crippen LogP contribution in [-0.2, 0) is 16.0 Å². The molecule has 3 N–H and O–H groups in total. The lowest BCUT2D eigenvalue weighted by Gasteiger charge is -2.60. The molecule has 1 aromatic rings.